The van der Waals surface area contributed by atoms with Crippen molar-refractivity contribution in [2.24, 2.45) is 5.73 Å². The Bertz CT molecular complexity index is 402. The molecule has 1 unspecified atom stereocenters. The van der Waals surface area contributed by atoms with Gasteiger partial charge >= 0.3 is 0 Å². The van der Waals surface area contributed by atoms with Crippen LogP contribution in [0.5, 0.6) is 0 Å². The summed E-state index contributed by atoms with van der Waals surface area (Å²) in [5.41, 5.74) is 7.53. The van der Waals surface area contributed by atoms with Gasteiger partial charge in [-0.15, -0.1) is 12.4 Å². The number of rotatable bonds is 15. The summed E-state index contributed by atoms with van der Waals surface area (Å²) in [7, 11) is 0. The molecule has 2 N–H and O–H groups in total. The second kappa shape index (κ2) is 18.0. The molecule has 0 bridgehead atoms. The zero-order valence-corrected chi connectivity index (χ0v) is 17.1. The van der Waals surface area contributed by atoms with E-state index in [-0.39, 0.29) is 12.4 Å². The second-order valence-corrected chi connectivity index (χ2v) is 7.12. The Morgan fingerprint density at radius 2 is 1.36 bits per heavy atom. The van der Waals surface area contributed by atoms with Crippen molar-refractivity contribution in [1.29, 1.82) is 0 Å². The topological polar surface area (TPSA) is 26.0 Å². The highest BCUT2D eigenvalue weighted by atomic mass is 35.5. The minimum atomic E-state index is 0. The quantitative estimate of drug-likeness (QED) is 0.319. The van der Waals surface area contributed by atoms with E-state index in [0.717, 1.165) is 12.8 Å². The highest BCUT2D eigenvalue weighted by molar-refractivity contribution is 5.85. The molecule has 0 spiro atoms. The number of halogens is 1. The molecule has 0 fully saturated rings. The summed E-state index contributed by atoms with van der Waals surface area (Å²) < 4.78 is 0. The van der Waals surface area contributed by atoms with Gasteiger partial charge in [0.2, 0.25) is 0 Å². The Morgan fingerprint density at radius 1 is 0.800 bits per heavy atom. The van der Waals surface area contributed by atoms with Gasteiger partial charge in [-0.2, -0.15) is 0 Å². The smallest absolute Gasteiger partial charge is 0.00389 e. The van der Waals surface area contributed by atoms with E-state index in [1.807, 2.05) is 0 Å². The van der Waals surface area contributed by atoms with E-state index in [0.29, 0.717) is 6.04 Å². The third kappa shape index (κ3) is 15.2. The van der Waals surface area contributed by atoms with Crippen molar-refractivity contribution in [2.75, 3.05) is 0 Å². The van der Waals surface area contributed by atoms with Crippen molar-refractivity contribution >= 4 is 18.5 Å². The average molecular weight is 366 g/mol. The lowest BCUT2D eigenvalue weighted by atomic mass is 10.0. The maximum absolute atomic E-state index is 6.24. The van der Waals surface area contributed by atoms with Crippen molar-refractivity contribution in [1.82, 2.24) is 0 Å². The van der Waals surface area contributed by atoms with Crippen LogP contribution in [0.25, 0.3) is 6.08 Å². The number of nitrogens with two attached hydrogens (primary N) is 1. The fourth-order valence-corrected chi connectivity index (χ4v) is 3.14. The van der Waals surface area contributed by atoms with Crippen LogP contribution in [0.15, 0.2) is 36.4 Å². The highest BCUT2D eigenvalue weighted by Gasteiger charge is 2.01. The Hall–Kier alpha value is -0.790. The third-order valence-corrected chi connectivity index (χ3v) is 4.73. The third-order valence-electron chi connectivity index (χ3n) is 4.73. The van der Waals surface area contributed by atoms with Gasteiger partial charge in [0.25, 0.3) is 0 Å². The molecule has 1 rings (SSSR count). The molecule has 0 saturated carbocycles. The summed E-state index contributed by atoms with van der Waals surface area (Å²) in [5.74, 6) is 0. The fraction of sp³-hybridized carbons (Fsp3) is 0.652. The molecule has 0 heterocycles. The maximum Gasteiger partial charge on any atom is 0.00389 e. The number of unbranched alkanes of at least 4 members (excludes halogenated alkanes) is 9. The molecule has 25 heavy (non-hydrogen) atoms. The second-order valence-electron chi connectivity index (χ2n) is 7.12. The van der Waals surface area contributed by atoms with Gasteiger partial charge in [0.05, 0.1) is 0 Å². The van der Waals surface area contributed by atoms with Gasteiger partial charge < -0.3 is 5.73 Å². The van der Waals surface area contributed by atoms with Crippen LogP contribution in [-0.4, -0.2) is 6.04 Å². The molecule has 0 saturated heterocycles. The molecule has 144 valence electrons. The number of hydrogen-bond donors (Lipinski definition) is 1. The lowest BCUT2D eigenvalue weighted by Gasteiger charge is -2.10. The normalized spacial score (nSPS) is 12.2. The molecule has 0 aromatic heterocycles. The van der Waals surface area contributed by atoms with Crippen molar-refractivity contribution < 1.29 is 0 Å². The van der Waals surface area contributed by atoms with Crippen molar-refractivity contribution in [3.63, 3.8) is 0 Å². The first-order chi connectivity index (χ1) is 11.8. The summed E-state index contributed by atoms with van der Waals surface area (Å²) >= 11 is 0. The first kappa shape index (κ1) is 24.2. The first-order valence-corrected chi connectivity index (χ1v) is 10.3. The molecule has 1 atom stereocenters. The maximum atomic E-state index is 6.24. The Kier molecular flexibility index (Phi) is 17.4. The van der Waals surface area contributed by atoms with Gasteiger partial charge in [0.15, 0.2) is 0 Å². The van der Waals surface area contributed by atoms with Gasteiger partial charge in [0, 0.05) is 6.04 Å². The predicted octanol–water partition coefficient (Wildman–Crippen LogP) is 7.54. The summed E-state index contributed by atoms with van der Waals surface area (Å²) in [6.45, 7) is 2.28. The molecule has 0 aliphatic carbocycles. The van der Waals surface area contributed by atoms with Crippen LogP contribution in [0.4, 0.5) is 0 Å². The van der Waals surface area contributed by atoms with Crippen LogP contribution < -0.4 is 5.73 Å². The van der Waals surface area contributed by atoms with E-state index in [9.17, 15) is 0 Å². The molecule has 0 amide bonds. The van der Waals surface area contributed by atoms with E-state index in [1.165, 1.54) is 76.2 Å². The molecular weight excluding hydrogens is 326 g/mol. The van der Waals surface area contributed by atoms with Crippen molar-refractivity contribution in [3.8, 4) is 0 Å². The molecule has 0 aliphatic rings. The Balaban J connectivity index is 0.00000576. The van der Waals surface area contributed by atoms with Crippen LogP contribution in [0, 0.1) is 0 Å². The van der Waals surface area contributed by atoms with E-state index in [4.69, 9.17) is 5.73 Å². The molecule has 1 aromatic rings. The summed E-state index contributed by atoms with van der Waals surface area (Å²) in [6.07, 6.45) is 21.8. The lowest BCUT2D eigenvalue weighted by molar-refractivity contribution is 0.498. The Morgan fingerprint density at radius 3 is 2.00 bits per heavy atom. The average Bonchev–Trinajstić information content (AvgIpc) is 2.61. The van der Waals surface area contributed by atoms with Crippen LogP contribution in [0.1, 0.15) is 96.0 Å². The summed E-state index contributed by atoms with van der Waals surface area (Å²) in [4.78, 5) is 0. The Labute approximate surface area is 162 Å². The number of allylic oxidation sites excluding steroid dienone is 1. The van der Waals surface area contributed by atoms with Crippen LogP contribution in [0.3, 0.4) is 0 Å². The van der Waals surface area contributed by atoms with Gasteiger partial charge in [-0.3, -0.25) is 0 Å². The SMILES string of the molecule is CCCCCCCCCCCC(N)CCCC=Cc1ccccc1.Cl. The molecule has 2 heteroatoms. The lowest BCUT2D eigenvalue weighted by Crippen LogP contribution is -2.19. The molecule has 1 nitrogen and oxygen atoms in total. The van der Waals surface area contributed by atoms with E-state index in [2.05, 4.69) is 49.4 Å². The zero-order valence-electron chi connectivity index (χ0n) is 16.3. The standard InChI is InChI=1S/C23H39N.ClH/c1-2-3-4-5-6-7-8-9-15-20-23(24)21-16-11-14-19-22-17-12-10-13-18-22;/h10,12-14,17-19,23H,2-9,11,15-16,20-21,24H2,1H3;1H. The van der Waals surface area contributed by atoms with Gasteiger partial charge in [-0.05, 0) is 31.2 Å². The van der Waals surface area contributed by atoms with Gasteiger partial charge in [-0.25, -0.2) is 0 Å². The highest BCUT2D eigenvalue weighted by Crippen LogP contribution is 2.13. The van der Waals surface area contributed by atoms with Crippen LogP contribution in [-0.2, 0) is 0 Å². The zero-order chi connectivity index (χ0) is 17.3. The van der Waals surface area contributed by atoms with Crippen molar-refractivity contribution in [2.45, 2.75) is 96.4 Å². The first-order valence-electron chi connectivity index (χ1n) is 10.3. The van der Waals surface area contributed by atoms with E-state index < -0.39 is 0 Å². The number of hydrogen-bond acceptors (Lipinski definition) is 1. The molecule has 1 aromatic carbocycles. The predicted molar refractivity (Wildman–Crippen MR) is 116 cm³/mol. The monoisotopic (exact) mass is 365 g/mol. The summed E-state index contributed by atoms with van der Waals surface area (Å²) in [5, 5.41) is 0. The minimum Gasteiger partial charge on any atom is -0.328 e. The van der Waals surface area contributed by atoms with Gasteiger partial charge in [-0.1, -0.05) is 107 Å². The van der Waals surface area contributed by atoms with Crippen molar-refractivity contribution in [3.05, 3.63) is 42.0 Å². The van der Waals surface area contributed by atoms with Crippen LogP contribution in [0.2, 0.25) is 0 Å². The summed E-state index contributed by atoms with van der Waals surface area (Å²) in [6, 6.07) is 10.9. The van der Waals surface area contributed by atoms with Gasteiger partial charge in [0.1, 0.15) is 0 Å². The minimum absolute atomic E-state index is 0. The molecular formula is C23H40ClN. The molecule has 0 radical (unpaired) electrons. The van der Waals surface area contributed by atoms with E-state index >= 15 is 0 Å². The largest absolute Gasteiger partial charge is 0.328 e. The molecule has 0 aliphatic heterocycles. The fourth-order valence-electron chi connectivity index (χ4n) is 3.14. The number of benzene rings is 1. The van der Waals surface area contributed by atoms with E-state index in [1.54, 1.807) is 0 Å². The van der Waals surface area contributed by atoms with Crippen LogP contribution >= 0.6 is 12.4 Å².